The minimum Gasteiger partial charge on any atom is -0.489 e. The van der Waals surface area contributed by atoms with Crippen LogP contribution in [-0.4, -0.2) is 47.3 Å². The molecule has 0 saturated heterocycles. The van der Waals surface area contributed by atoms with Crippen molar-refractivity contribution >= 4 is 11.9 Å². The Morgan fingerprint density at radius 3 is 2.80 bits per heavy atom. The number of carbonyl (C=O) groups is 1. The van der Waals surface area contributed by atoms with Crippen molar-refractivity contribution in [3.05, 3.63) is 29.4 Å². The summed E-state index contributed by atoms with van der Waals surface area (Å²) in [5.74, 6) is 1.35. The molecule has 3 aromatic rings. The van der Waals surface area contributed by atoms with Gasteiger partial charge in [-0.3, -0.25) is 4.79 Å². The summed E-state index contributed by atoms with van der Waals surface area (Å²) in [5.41, 5.74) is 2.91. The highest BCUT2D eigenvalue weighted by atomic mass is 16.5. The van der Waals surface area contributed by atoms with Gasteiger partial charge in [0.2, 0.25) is 5.89 Å². The molecule has 11 heteroatoms. The number of aromatic nitrogens is 6. The van der Waals surface area contributed by atoms with Crippen molar-refractivity contribution in [3.63, 3.8) is 0 Å². The Bertz CT molecular complexity index is 1190. The average molecular weight is 482 g/mol. The zero-order chi connectivity index (χ0) is 24.4. The number of hydrogen-bond acceptors (Lipinski definition) is 9. The fraction of sp³-hybridized carbons (Fsp3) is 0.583. The first-order valence-corrected chi connectivity index (χ1v) is 12.3. The van der Waals surface area contributed by atoms with Crippen LogP contribution in [0, 0.1) is 18.8 Å². The van der Waals surface area contributed by atoms with Gasteiger partial charge in [-0.05, 0) is 68.7 Å². The maximum absolute atomic E-state index is 11.4. The highest BCUT2D eigenvalue weighted by Gasteiger charge is 2.28. The number of aliphatic carboxylic acids is 1. The number of anilines is 1. The Morgan fingerprint density at radius 2 is 2.06 bits per heavy atom. The SMILES string of the molecule is Cc1nc(-c2nnn(C)c2CNc2noc(CC3CCC3)n2)ccc1O[C@H]1CCC[C@H](C(=O)O)C1. The summed E-state index contributed by atoms with van der Waals surface area (Å²) >= 11 is 0. The van der Waals surface area contributed by atoms with Crippen molar-refractivity contribution < 1.29 is 19.2 Å². The van der Waals surface area contributed by atoms with Gasteiger partial charge in [-0.1, -0.05) is 11.6 Å². The molecule has 2 fully saturated rings. The Morgan fingerprint density at radius 1 is 1.23 bits per heavy atom. The van der Waals surface area contributed by atoms with E-state index in [1.807, 2.05) is 26.1 Å². The zero-order valence-corrected chi connectivity index (χ0v) is 20.1. The summed E-state index contributed by atoms with van der Waals surface area (Å²) in [7, 11) is 1.83. The first-order valence-electron chi connectivity index (χ1n) is 12.3. The van der Waals surface area contributed by atoms with Gasteiger partial charge in [-0.15, -0.1) is 5.10 Å². The monoisotopic (exact) mass is 481 g/mol. The van der Waals surface area contributed by atoms with E-state index in [2.05, 4.69) is 25.8 Å². The van der Waals surface area contributed by atoms with E-state index in [4.69, 9.17) is 14.2 Å². The summed E-state index contributed by atoms with van der Waals surface area (Å²) < 4.78 is 13.2. The average Bonchev–Trinajstić information content (AvgIpc) is 3.42. The zero-order valence-electron chi connectivity index (χ0n) is 20.1. The Hall–Kier alpha value is -3.50. The maximum Gasteiger partial charge on any atom is 0.306 e. The van der Waals surface area contributed by atoms with Gasteiger partial charge in [-0.25, -0.2) is 9.67 Å². The smallest absolute Gasteiger partial charge is 0.306 e. The lowest BCUT2D eigenvalue weighted by atomic mass is 9.83. The van der Waals surface area contributed by atoms with Gasteiger partial charge in [0, 0.05) is 13.5 Å². The van der Waals surface area contributed by atoms with Gasteiger partial charge in [0.05, 0.1) is 35.6 Å². The van der Waals surface area contributed by atoms with Crippen LogP contribution in [0.2, 0.25) is 0 Å². The van der Waals surface area contributed by atoms with Crippen LogP contribution in [-0.2, 0) is 24.8 Å². The normalized spacial score (nSPS) is 20.4. The predicted octanol–water partition coefficient (Wildman–Crippen LogP) is 3.55. The van der Waals surface area contributed by atoms with Gasteiger partial charge < -0.3 is 19.7 Å². The van der Waals surface area contributed by atoms with Crippen molar-refractivity contribution in [1.82, 2.24) is 30.1 Å². The first-order chi connectivity index (χ1) is 17.0. The van der Waals surface area contributed by atoms with Gasteiger partial charge in [0.1, 0.15) is 11.4 Å². The summed E-state index contributed by atoms with van der Waals surface area (Å²) in [6, 6.07) is 3.73. The minimum atomic E-state index is -0.748. The Balaban J connectivity index is 1.25. The van der Waals surface area contributed by atoms with Crippen LogP contribution in [0.4, 0.5) is 5.95 Å². The van der Waals surface area contributed by atoms with Crippen LogP contribution in [0.15, 0.2) is 16.7 Å². The van der Waals surface area contributed by atoms with E-state index >= 15 is 0 Å². The molecule has 2 atom stereocenters. The third-order valence-corrected chi connectivity index (χ3v) is 7.06. The van der Waals surface area contributed by atoms with E-state index in [9.17, 15) is 9.90 Å². The van der Waals surface area contributed by atoms with Crippen molar-refractivity contribution in [2.45, 2.75) is 70.9 Å². The van der Waals surface area contributed by atoms with Crippen molar-refractivity contribution in [2.24, 2.45) is 18.9 Å². The lowest BCUT2D eigenvalue weighted by Gasteiger charge is -2.27. The molecule has 2 aliphatic rings. The van der Waals surface area contributed by atoms with Crippen LogP contribution in [0.5, 0.6) is 5.75 Å². The molecule has 3 aromatic heterocycles. The van der Waals surface area contributed by atoms with Crippen LogP contribution in [0.3, 0.4) is 0 Å². The largest absolute Gasteiger partial charge is 0.489 e. The highest BCUT2D eigenvalue weighted by Crippen LogP contribution is 2.31. The molecule has 0 aliphatic heterocycles. The summed E-state index contributed by atoms with van der Waals surface area (Å²) in [6.45, 7) is 2.30. The van der Waals surface area contributed by atoms with Crippen LogP contribution >= 0.6 is 0 Å². The van der Waals surface area contributed by atoms with Crippen molar-refractivity contribution in [2.75, 3.05) is 5.32 Å². The topological polar surface area (TPSA) is 141 Å². The van der Waals surface area contributed by atoms with Crippen LogP contribution in [0.25, 0.3) is 11.4 Å². The van der Waals surface area contributed by atoms with Crippen molar-refractivity contribution in [3.8, 4) is 17.1 Å². The number of aryl methyl sites for hydroxylation is 2. The summed E-state index contributed by atoms with van der Waals surface area (Å²) in [5, 5.41) is 25.1. The molecule has 0 bridgehead atoms. The number of hydrogen-bond donors (Lipinski definition) is 2. The van der Waals surface area contributed by atoms with Crippen LogP contribution < -0.4 is 10.1 Å². The molecule has 0 spiro atoms. The third kappa shape index (κ3) is 5.28. The molecule has 2 aliphatic carbocycles. The Kier molecular flexibility index (Phi) is 6.65. The lowest BCUT2D eigenvalue weighted by molar-refractivity contribution is -0.143. The number of pyridine rings is 1. The highest BCUT2D eigenvalue weighted by molar-refractivity contribution is 5.70. The molecule has 0 radical (unpaired) electrons. The molecule has 186 valence electrons. The molecule has 0 amide bonds. The third-order valence-electron chi connectivity index (χ3n) is 7.06. The summed E-state index contributed by atoms with van der Waals surface area (Å²) in [6.07, 6.45) is 7.40. The van der Waals surface area contributed by atoms with Gasteiger partial charge in [0.15, 0.2) is 0 Å². The van der Waals surface area contributed by atoms with E-state index in [0.29, 0.717) is 54.3 Å². The van der Waals surface area contributed by atoms with E-state index < -0.39 is 5.97 Å². The van der Waals surface area contributed by atoms with Crippen molar-refractivity contribution in [1.29, 1.82) is 0 Å². The van der Waals surface area contributed by atoms with Crippen LogP contribution in [0.1, 0.15) is 62.2 Å². The van der Waals surface area contributed by atoms with Gasteiger partial charge in [0.25, 0.3) is 5.95 Å². The number of rotatable bonds is 9. The number of nitrogens with zero attached hydrogens (tertiary/aromatic N) is 6. The number of carboxylic acid groups (broad SMARTS) is 1. The fourth-order valence-corrected chi connectivity index (χ4v) is 4.75. The van der Waals surface area contributed by atoms with E-state index in [-0.39, 0.29) is 12.0 Å². The molecule has 5 rings (SSSR count). The van der Waals surface area contributed by atoms with Gasteiger partial charge >= 0.3 is 5.97 Å². The molecule has 35 heavy (non-hydrogen) atoms. The van der Waals surface area contributed by atoms with E-state index in [1.165, 1.54) is 19.3 Å². The standard InChI is InChI=1S/C24H31N7O4/c1-14-20(34-17-8-4-7-16(12-17)23(32)33)10-9-18(26-14)22-19(31(2)30-28-22)13-25-24-27-21(35-29-24)11-15-5-3-6-15/h9-10,15-17H,3-8,11-13H2,1-2H3,(H,25,29)(H,32,33)/t16-,17-/m0/s1. The molecule has 0 unspecified atom stereocenters. The predicted molar refractivity (Wildman–Crippen MR) is 126 cm³/mol. The van der Waals surface area contributed by atoms with Gasteiger partial charge in [-0.2, -0.15) is 4.98 Å². The minimum absolute atomic E-state index is 0.114. The first kappa shape index (κ1) is 23.3. The second kappa shape index (κ2) is 10.0. The quantitative estimate of drug-likeness (QED) is 0.466. The van der Waals surface area contributed by atoms with E-state index in [1.54, 1.807) is 4.68 Å². The second-order valence-corrected chi connectivity index (χ2v) is 9.60. The van der Waals surface area contributed by atoms with E-state index in [0.717, 1.165) is 30.7 Å². The number of carboxylic acids is 1. The Labute approximate surface area is 203 Å². The molecule has 2 N–H and O–H groups in total. The lowest BCUT2D eigenvalue weighted by Crippen LogP contribution is -2.29. The molecule has 2 saturated carbocycles. The molecule has 11 nitrogen and oxygen atoms in total. The summed E-state index contributed by atoms with van der Waals surface area (Å²) in [4.78, 5) is 20.5. The molecular formula is C24H31N7O4. The number of nitrogens with one attached hydrogen (secondary N) is 1. The second-order valence-electron chi connectivity index (χ2n) is 9.60. The molecule has 3 heterocycles. The molecular weight excluding hydrogens is 450 g/mol. The fourth-order valence-electron chi connectivity index (χ4n) is 4.75. The number of ether oxygens (including phenoxy) is 1. The molecule has 0 aromatic carbocycles. The maximum atomic E-state index is 11.4.